The Morgan fingerprint density at radius 2 is 1.71 bits per heavy atom. The second-order valence-corrected chi connectivity index (χ2v) is 9.67. The monoisotopic (exact) mass is 493 g/mol. The summed E-state index contributed by atoms with van der Waals surface area (Å²) < 4.78 is 27.0. The van der Waals surface area contributed by atoms with Crippen LogP contribution < -0.4 is 10.2 Å². The van der Waals surface area contributed by atoms with Crippen molar-refractivity contribution in [3.63, 3.8) is 0 Å². The predicted octanol–water partition coefficient (Wildman–Crippen LogP) is 4.22. The van der Waals surface area contributed by atoms with Crippen LogP contribution in [0.15, 0.2) is 76.5 Å². The zero-order valence-electron chi connectivity index (χ0n) is 19.8. The first-order valence-electron chi connectivity index (χ1n) is 11.6. The molecule has 182 valence electrons. The fraction of sp³-hybridized carbons (Fsp3) is 0.259. The molecule has 0 saturated heterocycles. The molecule has 0 aliphatic carbocycles. The molecule has 1 heterocycles. The Morgan fingerprint density at radius 1 is 1.00 bits per heavy atom. The van der Waals surface area contributed by atoms with Crippen molar-refractivity contribution in [1.29, 1.82) is 0 Å². The lowest BCUT2D eigenvalue weighted by Gasteiger charge is -2.24. The Bertz CT molecular complexity index is 1260. The van der Waals surface area contributed by atoms with Crippen LogP contribution in [-0.2, 0) is 17.3 Å². The Balaban J connectivity index is 1.70. The number of likely N-dealkylation sites (N-methyl/N-ethyl adjacent to an activating group) is 1. The Hall–Kier alpha value is -3.36. The predicted molar refractivity (Wildman–Crippen MR) is 135 cm³/mol. The van der Waals surface area contributed by atoms with Crippen LogP contribution in [-0.4, -0.2) is 47.1 Å². The number of fused-ring (bicyclic) bond motifs is 2. The van der Waals surface area contributed by atoms with Crippen molar-refractivity contribution in [3.05, 3.63) is 89.2 Å². The van der Waals surface area contributed by atoms with Crippen LogP contribution in [0.3, 0.4) is 0 Å². The number of halogens is 1. The molecule has 6 nitrogen and oxygen atoms in total. The van der Waals surface area contributed by atoms with Gasteiger partial charge in [0.2, 0.25) is 0 Å². The van der Waals surface area contributed by atoms with Crippen molar-refractivity contribution in [3.8, 4) is 0 Å². The molecule has 0 saturated carbocycles. The van der Waals surface area contributed by atoms with Crippen molar-refractivity contribution >= 4 is 28.3 Å². The quantitative estimate of drug-likeness (QED) is 0.510. The highest BCUT2D eigenvalue weighted by molar-refractivity contribution is 7.85. The van der Waals surface area contributed by atoms with E-state index in [4.69, 9.17) is 0 Å². The third-order valence-electron chi connectivity index (χ3n) is 6.14. The van der Waals surface area contributed by atoms with E-state index in [0.717, 1.165) is 19.6 Å². The molecule has 0 aromatic heterocycles. The maximum Gasteiger partial charge on any atom is 0.259 e. The van der Waals surface area contributed by atoms with E-state index in [0.29, 0.717) is 38.7 Å². The molecule has 0 spiro atoms. The van der Waals surface area contributed by atoms with E-state index in [2.05, 4.69) is 24.1 Å². The van der Waals surface area contributed by atoms with Crippen LogP contribution in [0, 0.1) is 5.82 Å². The highest BCUT2D eigenvalue weighted by atomic mass is 32.2. The van der Waals surface area contributed by atoms with Gasteiger partial charge in [0.1, 0.15) is 5.82 Å². The molecule has 35 heavy (non-hydrogen) atoms. The van der Waals surface area contributed by atoms with Crippen molar-refractivity contribution in [2.75, 3.05) is 31.1 Å². The average molecular weight is 494 g/mol. The van der Waals surface area contributed by atoms with Gasteiger partial charge in [0, 0.05) is 18.7 Å². The molecule has 2 amide bonds. The first-order chi connectivity index (χ1) is 16.9. The lowest BCUT2D eigenvalue weighted by atomic mass is 10.1. The van der Waals surface area contributed by atoms with E-state index in [1.54, 1.807) is 54.6 Å². The highest BCUT2D eigenvalue weighted by Gasteiger charge is 2.31. The van der Waals surface area contributed by atoms with Gasteiger partial charge >= 0.3 is 0 Å². The van der Waals surface area contributed by atoms with Crippen molar-refractivity contribution in [2.24, 2.45) is 0 Å². The molecule has 3 aromatic carbocycles. The summed E-state index contributed by atoms with van der Waals surface area (Å²) in [5.74, 6) is -0.954. The Kier molecular flexibility index (Phi) is 7.73. The lowest BCUT2D eigenvalue weighted by molar-refractivity contribution is 0.0945. The molecular weight excluding hydrogens is 465 g/mol. The summed E-state index contributed by atoms with van der Waals surface area (Å²) in [7, 11) is -1.61. The van der Waals surface area contributed by atoms with Crippen LogP contribution in [0.4, 0.5) is 10.1 Å². The number of rotatable bonds is 8. The van der Waals surface area contributed by atoms with Crippen molar-refractivity contribution < 1.29 is 18.2 Å². The standard InChI is InChI=1S/C27H28FN3O3S/c1-3-30(4-2)16-15-29-26(32)20-11-14-25-23(17-20)31(18-19-9-12-21(28)13-10-19)27(33)22-7-5-6-8-24(22)35(25)34/h5-14,17H,3-4,15-16,18H2,1-2H3,(H,29,32)/t35-/m0/s1. The summed E-state index contributed by atoms with van der Waals surface area (Å²) in [6.45, 7) is 7.32. The summed E-state index contributed by atoms with van der Waals surface area (Å²) in [4.78, 5) is 31.1. The molecule has 1 atom stereocenters. The van der Waals surface area contributed by atoms with Crippen LogP contribution in [0.25, 0.3) is 0 Å². The number of carbonyl (C=O) groups is 2. The number of anilines is 1. The second kappa shape index (κ2) is 10.9. The molecule has 8 heteroatoms. The van der Waals surface area contributed by atoms with Gasteiger partial charge in [0.25, 0.3) is 11.8 Å². The molecule has 3 aromatic rings. The SMILES string of the molecule is CCN(CC)CCNC(=O)c1ccc2c(c1)N(Cc1ccc(F)cc1)C(=O)c1ccccc1[S@@]2=O. The number of nitrogens with one attached hydrogen (secondary N) is 1. The van der Waals surface area contributed by atoms with Gasteiger partial charge in [-0.2, -0.15) is 0 Å². The maximum absolute atomic E-state index is 13.6. The molecule has 0 fully saturated rings. The van der Waals surface area contributed by atoms with E-state index in [-0.39, 0.29) is 24.2 Å². The van der Waals surface area contributed by atoms with Gasteiger partial charge in [-0.05, 0) is 61.1 Å². The number of nitrogens with zero attached hydrogens (tertiary/aromatic N) is 2. The number of amides is 2. The minimum absolute atomic E-state index is 0.144. The van der Waals surface area contributed by atoms with Crippen molar-refractivity contribution in [2.45, 2.75) is 30.2 Å². The van der Waals surface area contributed by atoms with Gasteiger partial charge in [0.05, 0.1) is 38.4 Å². The summed E-state index contributed by atoms with van der Waals surface area (Å²) >= 11 is 0. The molecule has 1 aliphatic rings. The average Bonchev–Trinajstić information content (AvgIpc) is 2.97. The van der Waals surface area contributed by atoms with Gasteiger partial charge in [0.15, 0.2) is 0 Å². The molecule has 1 aliphatic heterocycles. The van der Waals surface area contributed by atoms with E-state index in [9.17, 15) is 18.2 Å². The Labute approximate surface area is 207 Å². The van der Waals surface area contributed by atoms with E-state index in [1.807, 2.05) is 0 Å². The topological polar surface area (TPSA) is 69.7 Å². The minimum Gasteiger partial charge on any atom is -0.351 e. The molecule has 0 bridgehead atoms. The van der Waals surface area contributed by atoms with Crippen LogP contribution in [0.5, 0.6) is 0 Å². The number of benzene rings is 3. The number of hydrogen-bond acceptors (Lipinski definition) is 4. The van der Waals surface area contributed by atoms with Gasteiger partial charge in [-0.25, -0.2) is 8.60 Å². The van der Waals surface area contributed by atoms with Gasteiger partial charge in [-0.1, -0.05) is 38.1 Å². The molecule has 0 unspecified atom stereocenters. The number of carbonyl (C=O) groups excluding carboxylic acids is 2. The third-order valence-corrected chi connectivity index (χ3v) is 7.64. The fourth-order valence-electron chi connectivity index (χ4n) is 4.10. The lowest BCUT2D eigenvalue weighted by Crippen LogP contribution is -2.35. The fourth-order valence-corrected chi connectivity index (χ4v) is 5.45. The highest BCUT2D eigenvalue weighted by Crippen LogP contribution is 2.36. The normalized spacial score (nSPS) is 14.9. The summed E-state index contributed by atoms with van der Waals surface area (Å²) in [6.07, 6.45) is 0. The summed E-state index contributed by atoms with van der Waals surface area (Å²) in [5, 5.41) is 2.93. The molecule has 0 radical (unpaired) electrons. The first kappa shape index (κ1) is 24.8. The minimum atomic E-state index is -1.61. The van der Waals surface area contributed by atoms with Gasteiger partial charge in [-0.15, -0.1) is 0 Å². The zero-order chi connectivity index (χ0) is 24.9. The van der Waals surface area contributed by atoms with Crippen LogP contribution in [0.2, 0.25) is 0 Å². The van der Waals surface area contributed by atoms with Crippen LogP contribution >= 0.6 is 0 Å². The number of hydrogen-bond donors (Lipinski definition) is 1. The van der Waals surface area contributed by atoms with Gasteiger partial charge < -0.3 is 15.1 Å². The third kappa shape index (κ3) is 5.33. The van der Waals surface area contributed by atoms with E-state index >= 15 is 0 Å². The first-order valence-corrected chi connectivity index (χ1v) is 12.8. The molecule has 1 N–H and O–H groups in total. The second-order valence-electron chi connectivity index (χ2n) is 8.25. The smallest absolute Gasteiger partial charge is 0.259 e. The van der Waals surface area contributed by atoms with Gasteiger partial charge in [-0.3, -0.25) is 9.59 Å². The summed E-state index contributed by atoms with van der Waals surface area (Å²) in [5.41, 5.74) is 1.84. The van der Waals surface area contributed by atoms with Crippen LogP contribution in [0.1, 0.15) is 40.1 Å². The molecule has 4 rings (SSSR count). The molecular formula is C27H28FN3O3S. The van der Waals surface area contributed by atoms with Crippen molar-refractivity contribution in [1.82, 2.24) is 10.2 Å². The largest absolute Gasteiger partial charge is 0.351 e. The Morgan fingerprint density at radius 3 is 2.43 bits per heavy atom. The van der Waals surface area contributed by atoms with E-state index < -0.39 is 10.8 Å². The van der Waals surface area contributed by atoms with E-state index in [1.165, 1.54) is 17.0 Å². The zero-order valence-corrected chi connectivity index (χ0v) is 20.6. The summed E-state index contributed by atoms with van der Waals surface area (Å²) in [6, 6.07) is 17.6. The maximum atomic E-state index is 13.6.